The average Bonchev–Trinajstić information content (AvgIpc) is 2.90. The SMILES string of the molecule is CCCCCCC#Cc1ccc(C#Cc2ccc(CCC3CCC(CCCCC)CC3)cc2)cc1. The van der Waals surface area contributed by atoms with Gasteiger partial charge in [-0.2, -0.15) is 0 Å². The van der Waals surface area contributed by atoms with E-state index in [0.717, 1.165) is 34.9 Å². The van der Waals surface area contributed by atoms with Crippen molar-refractivity contribution < 1.29 is 0 Å². The van der Waals surface area contributed by atoms with Gasteiger partial charge in [-0.15, -0.1) is 0 Å². The van der Waals surface area contributed by atoms with Crippen molar-refractivity contribution in [1.82, 2.24) is 0 Å². The monoisotopic (exact) mass is 466 g/mol. The fourth-order valence-electron chi connectivity index (χ4n) is 5.20. The molecule has 2 aromatic rings. The van der Waals surface area contributed by atoms with Crippen molar-refractivity contribution in [2.45, 2.75) is 110 Å². The molecule has 1 aliphatic rings. The van der Waals surface area contributed by atoms with E-state index in [0.29, 0.717) is 0 Å². The number of hydrogen-bond acceptors (Lipinski definition) is 0. The molecule has 35 heavy (non-hydrogen) atoms. The minimum Gasteiger partial charge on any atom is -0.0979 e. The topological polar surface area (TPSA) is 0 Å². The number of unbranched alkanes of at least 4 members (excludes halogenated alkanes) is 6. The first-order valence-corrected chi connectivity index (χ1v) is 14.5. The number of benzene rings is 2. The fraction of sp³-hybridized carbons (Fsp3) is 0.543. The van der Waals surface area contributed by atoms with Crippen molar-refractivity contribution in [3.8, 4) is 23.7 Å². The Labute approximate surface area is 216 Å². The standard InChI is InChI=1S/C35H46/c1-3-5-7-8-9-11-13-31-16-20-33(21-17-31)23-25-35-28-26-34(27-29-35)24-22-32-18-14-30(15-19-32)12-10-6-4-2/h16-17,20-21,26-30,32H,3-10,12,14-15,18-19,22,24H2,1-2H3. The van der Waals surface area contributed by atoms with E-state index >= 15 is 0 Å². The van der Waals surface area contributed by atoms with Crippen LogP contribution in [0.15, 0.2) is 48.5 Å². The second-order valence-electron chi connectivity index (χ2n) is 10.6. The quantitative estimate of drug-likeness (QED) is 0.228. The van der Waals surface area contributed by atoms with E-state index in [4.69, 9.17) is 0 Å². The molecule has 0 spiro atoms. The van der Waals surface area contributed by atoms with Crippen LogP contribution in [-0.2, 0) is 6.42 Å². The van der Waals surface area contributed by atoms with Gasteiger partial charge in [0.25, 0.3) is 0 Å². The van der Waals surface area contributed by atoms with Crippen LogP contribution in [0.4, 0.5) is 0 Å². The molecule has 1 fully saturated rings. The van der Waals surface area contributed by atoms with E-state index in [1.54, 1.807) is 0 Å². The van der Waals surface area contributed by atoms with E-state index < -0.39 is 0 Å². The van der Waals surface area contributed by atoms with E-state index in [9.17, 15) is 0 Å². The molecule has 0 heteroatoms. The van der Waals surface area contributed by atoms with Gasteiger partial charge in [-0.1, -0.05) is 120 Å². The summed E-state index contributed by atoms with van der Waals surface area (Å²) >= 11 is 0. The molecule has 2 aromatic carbocycles. The minimum atomic E-state index is 0.936. The molecule has 0 radical (unpaired) electrons. The molecule has 0 amide bonds. The molecule has 0 saturated heterocycles. The van der Waals surface area contributed by atoms with Crippen LogP contribution < -0.4 is 0 Å². The molecule has 1 aliphatic carbocycles. The summed E-state index contributed by atoms with van der Waals surface area (Å²) in [5, 5.41) is 0. The van der Waals surface area contributed by atoms with Gasteiger partial charge in [0.05, 0.1) is 0 Å². The Kier molecular flexibility index (Phi) is 12.6. The zero-order chi connectivity index (χ0) is 24.6. The summed E-state index contributed by atoms with van der Waals surface area (Å²) in [5.74, 6) is 15.2. The van der Waals surface area contributed by atoms with Gasteiger partial charge in [-0.3, -0.25) is 0 Å². The van der Waals surface area contributed by atoms with Crippen molar-refractivity contribution in [3.05, 3.63) is 70.8 Å². The Hall–Kier alpha value is -2.44. The number of rotatable bonds is 11. The summed E-state index contributed by atoms with van der Waals surface area (Å²) in [5.41, 5.74) is 4.68. The maximum Gasteiger partial charge on any atom is 0.0249 e. The van der Waals surface area contributed by atoms with Crippen LogP contribution >= 0.6 is 0 Å². The predicted octanol–water partition coefficient (Wildman–Crippen LogP) is 9.73. The zero-order valence-electron chi connectivity index (χ0n) is 22.4. The highest BCUT2D eigenvalue weighted by molar-refractivity contribution is 5.46. The van der Waals surface area contributed by atoms with E-state index in [1.165, 1.54) is 95.5 Å². The van der Waals surface area contributed by atoms with Crippen molar-refractivity contribution in [2.75, 3.05) is 0 Å². The summed E-state index contributed by atoms with van der Waals surface area (Å²) in [6, 6.07) is 17.3. The second kappa shape index (κ2) is 16.3. The molecule has 0 N–H and O–H groups in total. The van der Waals surface area contributed by atoms with Gasteiger partial charge in [0.2, 0.25) is 0 Å². The van der Waals surface area contributed by atoms with Gasteiger partial charge in [0.15, 0.2) is 0 Å². The summed E-state index contributed by atoms with van der Waals surface area (Å²) in [7, 11) is 0. The second-order valence-corrected chi connectivity index (χ2v) is 10.6. The summed E-state index contributed by atoms with van der Waals surface area (Å²) in [6.45, 7) is 4.55. The van der Waals surface area contributed by atoms with Crippen LogP contribution in [0.5, 0.6) is 0 Å². The molecule has 0 bridgehead atoms. The first-order chi connectivity index (χ1) is 17.3. The highest BCUT2D eigenvalue weighted by Crippen LogP contribution is 2.34. The van der Waals surface area contributed by atoms with Gasteiger partial charge >= 0.3 is 0 Å². The smallest absolute Gasteiger partial charge is 0.0249 e. The van der Waals surface area contributed by atoms with Crippen LogP contribution in [0.25, 0.3) is 0 Å². The van der Waals surface area contributed by atoms with Gasteiger partial charge in [0, 0.05) is 23.1 Å². The molecule has 0 aliphatic heterocycles. The molecule has 3 rings (SSSR count). The fourth-order valence-corrected chi connectivity index (χ4v) is 5.20. The lowest BCUT2D eigenvalue weighted by Gasteiger charge is -2.28. The Bertz CT molecular complexity index is 947. The molecule has 186 valence electrons. The Morgan fingerprint density at radius 1 is 0.571 bits per heavy atom. The Balaban J connectivity index is 1.38. The average molecular weight is 467 g/mol. The van der Waals surface area contributed by atoms with Gasteiger partial charge < -0.3 is 0 Å². The minimum absolute atomic E-state index is 0.936. The highest BCUT2D eigenvalue weighted by atomic mass is 14.3. The third-order valence-electron chi connectivity index (χ3n) is 7.60. The first-order valence-electron chi connectivity index (χ1n) is 14.5. The van der Waals surface area contributed by atoms with Gasteiger partial charge in [-0.25, -0.2) is 0 Å². The Morgan fingerprint density at radius 3 is 1.69 bits per heavy atom. The van der Waals surface area contributed by atoms with Crippen LogP contribution in [0, 0.1) is 35.5 Å². The molecule has 0 nitrogen and oxygen atoms in total. The number of aryl methyl sites for hydroxylation is 1. The van der Waals surface area contributed by atoms with E-state index in [-0.39, 0.29) is 0 Å². The van der Waals surface area contributed by atoms with Crippen LogP contribution in [0.1, 0.15) is 126 Å². The van der Waals surface area contributed by atoms with E-state index in [1.807, 2.05) is 0 Å². The molecule has 0 atom stereocenters. The normalized spacial score (nSPS) is 17.2. The maximum atomic E-state index is 3.32. The molecule has 0 unspecified atom stereocenters. The lowest BCUT2D eigenvalue weighted by Crippen LogP contribution is -2.15. The maximum absolute atomic E-state index is 3.32. The van der Waals surface area contributed by atoms with Crippen LogP contribution in [0.3, 0.4) is 0 Å². The predicted molar refractivity (Wildman–Crippen MR) is 152 cm³/mol. The molecule has 0 aromatic heterocycles. The molecule has 1 saturated carbocycles. The van der Waals surface area contributed by atoms with Gasteiger partial charge in [0.1, 0.15) is 0 Å². The molecular formula is C35H46. The van der Waals surface area contributed by atoms with Crippen molar-refractivity contribution in [1.29, 1.82) is 0 Å². The van der Waals surface area contributed by atoms with Crippen LogP contribution in [-0.4, -0.2) is 0 Å². The lowest BCUT2D eigenvalue weighted by molar-refractivity contribution is 0.249. The van der Waals surface area contributed by atoms with Crippen molar-refractivity contribution >= 4 is 0 Å². The summed E-state index contributed by atoms with van der Waals surface area (Å²) in [6.07, 6.45) is 20.2. The highest BCUT2D eigenvalue weighted by Gasteiger charge is 2.20. The van der Waals surface area contributed by atoms with Crippen molar-refractivity contribution in [3.63, 3.8) is 0 Å². The first kappa shape index (κ1) is 27.2. The molecule has 0 heterocycles. The number of hydrogen-bond donors (Lipinski definition) is 0. The zero-order valence-corrected chi connectivity index (χ0v) is 22.4. The Morgan fingerprint density at radius 2 is 1.09 bits per heavy atom. The third kappa shape index (κ3) is 10.8. The summed E-state index contributed by atoms with van der Waals surface area (Å²) < 4.78 is 0. The third-order valence-corrected chi connectivity index (χ3v) is 7.60. The van der Waals surface area contributed by atoms with Crippen LogP contribution in [0.2, 0.25) is 0 Å². The van der Waals surface area contributed by atoms with Crippen molar-refractivity contribution in [2.24, 2.45) is 11.8 Å². The largest absolute Gasteiger partial charge is 0.0979 e. The summed E-state index contributed by atoms with van der Waals surface area (Å²) in [4.78, 5) is 0. The molecular weight excluding hydrogens is 420 g/mol. The van der Waals surface area contributed by atoms with E-state index in [2.05, 4.69) is 86.1 Å². The lowest BCUT2D eigenvalue weighted by atomic mass is 9.78. The van der Waals surface area contributed by atoms with Gasteiger partial charge in [-0.05, 0) is 73.1 Å².